The molecule has 0 amide bonds. The van der Waals surface area contributed by atoms with E-state index in [0.29, 0.717) is 52.4 Å². The van der Waals surface area contributed by atoms with Crippen LogP contribution in [0.5, 0.6) is 0 Å². The molecule has 26 rings (SSSR count). The van der Waals surface area contributed by atoms with Crippen LogP contribution in [0.1, 0.15) is 0 Å². The lowest BCUT2D eigenvalue weighted by atomic mass is 10.0. The van der Waals surface area contributed by atoms with E-state index in [-0.39, 0.29) is 0 Å². The molecule has 0 saturated carbocycles. The number of para-hydroxylation sites is 3. The summed E-state index contributed by atoms with van der Waals surface area (Å²) in [6.07, 6.45) is 0. The third-order valence-corrected chi connectivity index (χ3v) is 25.8. The number of fused-ring (bicyclic) bond motifs is 13. The molecule has 0 unspecified atom stereocenters. The van der Waals surface area contributed by atoms with Crippen LogP contribution in [-0.4, -0.2) is 44.9 Å². The smallest absolute Gasteiger partial charge is 0.164 e. The molecule has 12 nitrogen and oxygen atoms in total. The zero-order valence-corrected chi connectivity index (χ0v) is 72.8. The standard InChI is InChI=1S/C51H31N3OS.C37H23N3O.C33H21N3O/c1-3-10-32(11-4-1)34-18-20-35(21-19-34)49-52-50(39-15-9-14-36(28-39)33-12-5-2-6-13-33)54-51(53-49)40-22-25-42-44-30-38(24-27-47(44)56-48(42)31-40)37-23-26-46-43(29-37)41-16-7-8-17-45(41)55-46;1-2-9-26(10-3-1)35-38-36(40-37(39-35)30-19-16-24-8-4-5-11-28(24)22-30)27-17-14-25(15-18-27)29-20-21-34-32(23-29)31-12-6-7-13-33(31)41-34;1-3-10-22(11-4-1)23-18-20-25(21-19-23)32-34-31(24-12-5-2-6-13-24)35-33(36-32)27-15-9-17-29-30(27)26-14-7-8-16-28(26)37-29/h1-31H;1-23H;1-21H. The van der Waals surface area contributed by atoms with Crippen LogP contribution >= 0.6 is 11.3 Å². The molecule has 0 bridgehead atoms. The van der Waals surface area contributed by atoms with Gasteiger partial charge in [0.05, 0.1) is 0 Å². The fraction of sp³-hybridized carbons (Fsp3) is 0. The van der Waals surface area contributed by atoms with Crippen molar-refractivity contribution in [3.05, 3.63) is 455 Å². The van der Waals surface area contributed by atoms with Crippen molar-refractivity contribution in [3.8, 4) is 158 Å². The summed E-state index contributed by atoms with van der Waals surface area (Å²) in [5.74, 6) is 5.75. The molecule has 0 aliphatic rings. The van der Waals surface area contributed by atoms with Gasteiger partial charge in [0, 0.05) is 103 Å². The Balaban J connectivity index is 0.000000113. The molecule has 19 aromatic carbocycles. The minimum absolute atomic E-state index is 0.619. The van der Waals surface area contributed by atoms with Crippen LogP contribution in [0, 0.1) is 0 Å². The summed E-state index contributed by atoms with van der Waals surface area (Å²) in [7, 11) is 0. The van der Waals surface area contributed by atoms with E-state index < -0.39 is 0 Å². The first-order valence-corrected chi connectivity index (χ1v) is 45.3. The summed E-state index contributed by atoms with van der Waals surface area (Å²) < 4.78 is 20.7. The van der Waals surface area contributed by atoms with Gasteiger partial charge >= 0.3 is 0 Å². The highest BCUT2D eigenvalue weighted by Crippen LogP contribution is 2.44. The lowest BCUT2D eigenvalue weighted by Crippen LogP contribution is -2.00. The number of benzene rings is 19. The highest BCUT2D eigenvalue weighted by atomic mass is 32.1. The molecule has 0 N–H and O–H groups in total. The van der Waals surface area contributed by atoms with E-state index in [1.165, 1.54) is 47.8 Å². The van der Waals surface area contributed by atoms with Crippen molar-refractivity contribution in [3.63, 3.8) is 0 Å². The maximum Gasteiger partial charge on any atom is 0.164 e. The van der Waals surface area contributed by atoms with Crippen LogP contribution in [0.4, 0.5) is 0 Å². The minimum atomic E-state index is 0.619. The number of hydrogen-bond donors (Lipinski definition) is 0. The molecule has 7 aromatic heterocycles. The molecule has 0 radical (unpaired) electrons. The van der Waals surface area contributed by atoms with Gasteiger partial charge < -0.3 is 13.3 Å². The Kier molecular flexibility index (Phi) is 20.5. The van der Waals surface area contributed by atoms with E-state index in [9.17, 15) is 0 Å². The molecule has 0 atom stereocenters. The number of hydrogen-bond acceptors (Lipinski definition) is 13. The first-order chi connectivity index (χ1) is 66.3. The average Bonchev–Trinajstić information content (AvgIpc) is 1.59. The first kappa shape index (κ1) is 79.5. The van der Waals surface area contributed by atoms with E-state index in [2.05, 4.69) is 297 Å². The number of nitrogens with zero attached hydrogens (tertiary/aromatic N) is 9. The second kappa shape index (κ2) is 34.6. The highest BCUT2D eigenvalue weighted by Gasteiger charge is 2.22. The maximum atomic E-state index is 6.13. The Labute approximate surface area is 773 Å². The van der Waals surface area contributed by atoms with Gasteiger partial charge in [0.15, 0.2) is 52.4 Å². The van der Waals surface area contributed by atoms with Gasteiger partial charge in [-0.25, -0.2) is 44.9 Å². The molecule has 0 spiro atoms. The molecule has 0 aliphatic heterocycles. The summed E-state index contributed by atoms with van der Waals surface area (Å²) >= 11 is 1.79. The molecular weight excluding hydrogens is 1660 g/mol. The van der Waals surface area contributed by atoms with Gasteiger partial charge in [0.2, 0.25) is 0 Å². The first-order valence-electron chi connectivity index (χ1n) is 44.5. The molecule has 628 valence electrons. The van der Waals surface area contributed by atoms with Gasteiger partial charge in [-0.3, -0.25) is 0 Å². The molecule has 7 heterocycles. The zero-order valence-electron chi connectivity index (χ0n) is 72.0. The lowest BCUT2D eigenvalue weighted by Gasteiger charge is -2.10. The van der Waals surface area contributed by atoms with Crippen LogP contribution in [0.15, 0.2) is 468 Å². The van der Waals surface area contributed by atoms with Crippen molar-refractivity contribution in [1.29, 1.82) is 0 Å². The average molecular weight is 1740 g/mol. The maximum absolute atomic E-state index is 6.13. The second-order valence-corrected chi connectivity index (χ2v) is 34.1. The molecule has 134 heavy (non-hydrogen) atoms. The third-order valence-electron chi connectivity index (χ3n) is 24.6. The predicted molar refractivity (Wildman–Crippen MR) is 548 cm³/mol. The number of rotatable bonds is 14. The molecule has 13 heteroatoms. The van der Waals surface area contributed by atoms with E-state index in [4.69, 9.17) is 58.1 Å². The minimum Gasteiger partial charge on any atom is -0.456 e. The van der Waals surface area contributed by atoms with Crippen molar-refractivity contribution in [2.45, 2.75) is 0 Å². The molecule has 26 aromatic rings. The van der Waals surface area contributed by atoms with E-state index in [0.717, 1.165) is 155 Å². The fourth-order valence-electron chi connectivity index (χ4n) is 17.8. The summed E-state index contributed by atoms with van der Waals surface area (Å²) in [5, 5.41) is 11.4. The Morgan fingerprint density at radius 3 is 0.940 bits per heavy atom. The van der Waals surface area contributed by atoms with E-state index >= 15 is 0 Å². The van der Waals surface area contributed by atoms with Crippen LogP contribution in [0.2, 0.25) is 0 Å². The Hall–Kier alpha value is -17.9. The van der Waals surface area contributed by atoms with Crippen LogP contribution in [-0.2, 0) is 0 Å². The Morgan fingerprint density at radius 2 is 0.433 bits per heavy atom. The number of thiophene rings is 1. The highest BCUT2D eigenvalue weighted by molar-refractivity contribution is 7.25. The van der Waals surface area contributed by atoms with Gasteiger partial charge in [-0.05, 0) is 145 Å². The van der Waals surface area contributed by atoms with Crippen LogP contribution in [0.3, 0.4) is 0 Å². The van der Waals surface area contributed by atoms with Gasteiger partial charge in [-0.2, -0.15) is 0 Å². The van der Waals surface area contributed by atoms with E-state index in [1.807, 2.05) is 158 Å². The normalized spacial score (nSPS) is 11.4. The Bertz CT molecular complexity index is 8920. The summed E-state index contributed by atoms with van der Waals surface area (Å²) in [6.45, 7) is 0. The molecule has 0 aliphatic carbocycles. The van der Waals surface area contributed by atoms with Crippen molar-refractivity contribution in [1.82, 2.24) is 44.9 Å². The largest absolute Gasteiger partial charge is 0.456 e. The van der Waals surface area contributed by atoms with Crippen molar-refractivity contribution < 1.29 is 13.3 Å². The van der Waals surface area contributed by atoms with Crippen LogP contribution in [0.25, 0.3) is 255 Å². The lowest BCUT2D eigenvalue weighted by molar-refractivity contribution is 0.668. The topological polar surface area (TPSA) is 155 Å². The van der Waals surface area contributed by atoms with Gasteiger partial charge in [0.25, 0.3) is 0 Å². The van der Waals surface area contributed by atoms with Crippen molar-refractivity contribution >= 4 is 108 Å². The van der Waals surface area contributed by atoms with Crippen LogP contribution < -0.4 is 0 Å². The van der Waals surface area contributed by atoms with E-state index in [1.54, 1.807) is 11.3 Å². The summed E-state index contributed by atoms with van der Waals surface area (Å²) in [5.41, 5.74) is 25.2. The zero-order chi connectivity index (χ0) is 88.8. The van der Waals surface area contributed by atoms with Gasteiger partial charge in [-0.15, -0.1) is 11.3 Å². The Morgan fingerprint density at radius 1 is 0.142 bits per heavy atom. The molecule has 0 saturated heterocycles. The molecular formula is C121H75N9O3S. The van der Waals surface area contributed by atoms with Crippen molar-refractivity contribution in [2.24, 2.45) is 0 Å². The predicted octanol–water partition coefficient (Wildman–Crippen LogP) is 32.2. The SMILES string of the molecule is c1ccc(-c2ccc(-c3nc(-c4cccc(-c5ccccc5)c4)nc(-c4ccc5c(c4)sc4ccc(-c6ccc7oc8ccccc8c7c6)cc45)n3)cc2)cc1.c1ccc(-c2ccc(-c3nc(-c4ccccc4)nc(-c4cccc5oc6ccccc6c45)n3)cc2)cc1.c1ccc(-c2nc(-c3ccc(-c4ccc5oc6ccccc6c5c4)cc3)nc(-c3ccc4ccccc4c3)n2)cc1. The second-order valence-electron chi connectivity index (χ2n) is 33.0. The molecule has 0 fully saturated rings. The number of furan rings is 3. The third kappa shape index (κ3) is 15.7. The van der Waals surface area contributed by atoms with Gasteiger partial charge in [0.1, 0.15) is 33.5 Å². The monoisotopic (exact) mass is 1730 g/mol. The summed E-state index contributed by atoms with van der Waals surface area (Å²) in [4.78, 5) is 44.8. The van der Waals surface area contributed by atoms with Crippen molar-refractivity contribution in [2.75, 3.05) is 0 Å². The number of aromatic nitrogens is 9. The summed E-state index contributed by atoms with van der Waals surface area (Å²) in [6, 6.07) is 156. The fourth-order valence-corrected chi connectivity index (χ4v) is 18.9. The van der Waals surface area contributed by atoms with Gasteiger partial charge in [-0.1, -0.05) is 376 Å². The quantitative estimate of drug-likeness (QED) is 0.102.